The van der Waals surface area contributed by atoms with Crippen molar-refractivity contribution in [1.82, 2.24) is 0 Å². The van der Waals surface area contributed by atoms with Crippen LogP contribution in [0.3, 0.4) is 0 Å². The molecule has 0 saturated heterocycles. The molecule has 0 fully saturated rings. The van der Waals surface area contributed by atoms with E-state index in [9.17, 15) is 14.4 Å². The summed E-state index contributed by atoms with van der Waals surface area (Å²) in [6.45, 7) is 4.19. The van der Waals surface area contributed by atoms with Crippen LogP contribution in [0.25, 0.3) is 6.08 Å². The summed E-state index contributed by atoms with van der Waals surface area (Å²) in [7, 11) is 0. The van der Waals surface area contributed by atoms with Gasteiger partial charge in [0, 0.05) is 4.47 Å². The molecule has 0 heterocycles. The van der Waals surface area contributed by atoms with Crippen LogP contribution in [0.4, 0.5) is 10.1 Å². The van der Waals surface area contributed by atoms with Crippen molar-refractivity contribution >= 4 is 33.6 Å². The van der Waals surface area contributed by atoms with Gasteiger partial charge >= 0.3 is 0 Å². The number of nitriles is 1. The topological polar surface area (TPSA) is 62.1 Å². The largest absolute Gasteiger partial charge is 0.489 e. The molecule has 0 bridgehead atoms. The average Bonchev–Trinajstić information content (AvgIpc) is 2.79. The van der Waals surface area contributed by atoms with Gasteiger partial charge in [-0.1, -0.05) is 52.3 Å². The molecule has 0 aliphatic carbocycles. The van der Waals surface area contributed by atoms with Gasteiger partial charge in [0.1, 0.15) is 29.8 Å². The molecule has 0 aliphatic rings. The Morgan fingerprint density at radius 1 is 1.16 bits per heavy atom. The van der Waals surface area contributed by atoms with Crippen molar-refractivity contribution in [2.45, 2.75) is 13.0 Å². The summed E-state index contributed by atoms with van der Waals surface area (Å²) in [6.07, 6.45) is 3.77. The molecule has 3 aromatic carbocycles. The van der Waals surface area contributed by atoms with E-state index in [0.29, 0.717) is 24.3 Å². The van der Waals surface area contributed by atoms with Crippen molar-refractivity contribution in [2.75, 3.05) is 5.32 Å². The minimum absolute atomic E-state index is 0.0164. The van der Waals surface area contributed by atoms with E-state index in [1.807, 2.05) is 36.4 Å². The van der Waals surface area contributed by atoms with Gasteiger partial charge < -0.3 is 10.1 Å². The van der Waals surface area contributed by atoms with Crippen LogP contribution in [0, 0.1) is 17.1 Å². The third-order valence-corrected chi connectivity index (χ3v) is 5.08. The first kappa shape index (κ1) is 23.0. The molecule has 4 nitrogen and oxygen atoms in total. The van der Waals surface area contributed by atoms with Gasteiger partial charge in [0.05, 0.1) is 5.69 Å². The number of ether oxygens (including phenoxy) is 1. The standard InChI is InChI=1S/C26H20BrFN2O2/c1-2-5-20-14-19(10-13-25(20)32-17-18-8-11-22(27)12-9-18)15-21(16-29)26(31)30-24-7-4-3-6-23(24)28/h2-4,6-15H,1,5,17H2,(H,30,31)/b21-15-. The fourth-order valence-corrected chi connectivity index (χ4v) is 3.22. The van der Waals surface area contributed by atoms with Crippen LogP contribution >= 0.6 is 15.9 Å². The van der Waals surface area contributed by atoms with Crippen molar-refractivity contribution in [3.8, 4) is 11.8 Å². The van der Waals surface area contributed by atoms with E-state index >= 15 is 0 Å². The highest BCUT2D eigenvalue weighted by molar-refractivity contribution is 9.10. The minimum atomic E-state index is -0.682. The number of nitrogens with one attached hydrogen (secondary N) is 1. The number of hydrogen-bond donors (Lipinski definition) is 1. The molecule has 0 saturated carbocycles. The SMILES string of the molecule is C=CCc1cc(/C=C(/C#N)C(=O)Nc2ccccc2F)ccc1OCc1ccc(Br)cc1. The monoisotopic (exact) mass is 490 g/mol. The molecular weight excluding hydrogens is 471 g/mol. The Balaban J connectivity index is 1.79. The number of carbonyl (C=O) groups is 1. The van der Waals surface area contributed by atoms with Gasteiger partial charge in [0.2, 0.25) is 0 Å². The van der Waals surface area contributed by atoms with Crippen LogP contribution in [-0.2, 0) is 17.8 Å². The van der Waals surface area contributed by atoms with Crippen LogP contribution in [0.5, 0.6) is 5.75 Å². The Hall–Kier alpha value is -3.69. The zero-order valence-electron chi connectivity index (χ0n) is 17.1. The second kappa shape index (κ2) is 11.1. The van der Waals surface area contributed by atoms with Gasteiger partial charge in [-0.25, -0.2) is 4.39 Å². The second-order valence-corrected chi connectivity index (χ2v) is 7.79. The van der Waals surface area contributed by atoms with Gasteiger partial charge in [0.15, 0.2) is 0 Å². The number of rotatable bonds is 8. The lowest BCUT2D eigenvalue weighted by atomic mass is 10.0. The van der Waals surface area contributed by atoms with E-state index < -0.39 is 11.7 Å². The summed E-state index contributed by atoms with van der Waals surface area (Å²) >= 11 is 3.41. The lowest BCUT2D eigenvalue weighted by Crippen LogP contribution is -2.14. The van der Waals surface area contributed by atoms with Crippen LogP contribution in [-0.4, -0.2) is 5.91 Å². The first-order valence-corrected chi connectivity index (χ1v) is 10.6. The van der Waals surface area contributed by atoms with E-state index in [2.05, 4.69) is 27.8 Å². The number of benzene rings is 3. The average molecular weight is 491 g/mol. The maximum Gasteiger partial charge on any atom is 0.266 e. The van der Waals surface area contributed by atoms with Crippen LogP contribution in [0.1, 0.15) is 16.7 Å². The molecule has 0 radical (unpaired) electrons. The summed E-state index contributed by atoms with van der Waals surface area (Å²) in [5.74, 6) is -0.559. The quantitative estimate of drug-likeness (QED) is 0.224. The number of carbonyl (C=O) groups excluding carboxylic acids is 1. The van der Waals surface area contributed by atoms with Gasteiger partial charge in [-0.3, -0.25) is 4.79 Å². The first-order valence-electron chi connectivity index (χ1n) is 9.79. The summed E-state index contributed by atoms with van der Waals surface area (Å²) in [5.41, 5.74) is 2.43. The number of allylic oxidation sites excluding steroid dienone is 1. The zero-order chi connectivity index (χ0) is 22.9. The Morgan fingerprint density at radius 2 is 1.91 bits per heavy atom. The molecule has 160 valence electrons. The molecule has 0 spiro atoms. The predicted molar refractivity (Wildman–Crippen MR) is 127 cm³/mol. The van der Waals surface area contributed by atoms with E-state index in [0.717, 1.165) is 15.6 Å². The first-order chi connectivity index (χ1) is 15.5. The molecule has 0 unspecified atom stereocenters. The van der Waals surface area contributed by atoms with Crippen LogP contribution in [0.15, 0.2) is 89.4 Å². The molecule has 0 aliphatic heterocycles. The van der Waals surface area contributed by atoms with Crippen LogP contribution in [0.2, 0.25) is 0 Å². The Kier molecular flexibility index (Phi) is 7.96. The van der Waals surface area contributed by atoms with Crippen molar-refractivity contribution in [3.63, 3.8) is 0 Å². The molecule has 1 amide bonds. The van der Waals surface area contributed by atoms with E-state index in [1.165, 1.54) is 24.3 Å². The van der Waals surface area contributed by atoms with Gasteiger partial charge in [0.25, 0.3) is 5.91 Å². The number of para-hydroxylation sites is 1. The summed E-state index contributed by atoms with van der Waals surface area (Å²) < 4.78 is 20.8. The smallest absolute Gasteiger partial charge is 0.266 e. The Labute approximate surface area is 194 Å². The lowest BCUT2D eigenvalue weighted by Gasteiger charge is -2.12. The summed E-state index contributed by atoms with van der Waals surface area (Å²) in [6, 6.07) is 20.9. The second-order valence-electron chi connectivity index (χ2n) is 6.88. The van der Waals surface area contributed by atoms with Gasteiger partial charge in [-0.15, -0.1) is 6.58 Å². The van der Waals surface area contributed by atoms with E-state index in [4.69, 9.17) is 4.74 Å². The third kappa shape index (κ3) is 6.16. The fourth-order valence-electron chi connectivity index (χ4n) is 2.95. The number of hydrogen-bond acceptors (Lipinski definition) is 3. The highest BCUT2D eigenvalue weighted by atomic mass is 79.9. The minimum Gasteiger partial charge on any atom is -0.489 e. The van der Waals surface area contributed by atoms with Crippen molar-refractivity contribution in [3.05, 3.63) is 112 Å². The molecule has 0 aromatic heterocycles. The third-order valence-electron chi connectivity index (χ3n) is 4.55. The number of halogens is 2. The normalized spacial score (nSPS) is 10.8. The highest BCUT2D eigenvalue weighted by Crippen LogP contribution is 2.24. The lowest BCUT2D eigenvalue weighted by molar-refractivity contribution is -0.112. The van der Waals surface area contributed by atoms with Crippen LogP contribution < -0.4 is 10.1 Å². The molecule has 32 heavy (non-hydrogen) atoms. The fraction of sp³-hybridized carbons (Fsp3) is 0.0769. The number of nitrogens with zero attached hydrogens (tertiary/aromatic N) is 1. The maximum absolute atomic E-state index is 13.8. The molecule has 6 heteroatoms. The van der Waals surface area contributed by atoms with Crippen molar-refractivity contribution in [2.24, 2.45) is 0 Å². The maximum atomic E-state index is 13.8. The van der Waals surface area contributed by atoms with Gasteiger partial charge in [-0.05, 0) is 65.6 Å². The molecule has 3 rings (SSSR count). The Bertz CT molecular complexity index is 1200. The molecule has 0 atom stereocenters. The molecule has 3 aromatic rings. The molecular formula is C26H20BrFN2O2. The summed E-state index contributed by atoms with van der Waals surface area (Å²) in [5, 5.41) is 11.9. The van der Waals surface area contributed by atoms with Crippen molar-refractivity contribution in [1.29, 1.82) is 5.26 Å². The molecule has 1 N–H and O–H groups in total. The predicted octanol–water partition coefficient (Wildman–Crippen LogP) is 6.44. The number of amides is 1. The highest BCUT2D eigenvalue weighted by Gasteiger charge is 2.12. The van der Waals surface area contributed by atoms with E-state index in [1.54, 1.807) is 24.3 Å². The zero-order valence-corrected chi connectivity index (χ0v) is 18.7. The summed E-state index contributed by atoms with van der Waals surface area (Å²) in [4.78, 5) is 12.4. The Morgan fingerprint density at radius 3 is 2.59 bits per heavy atom. The van der Waals surface area contributed by atoms with Gasteiger partial charge in [-0.2, -0.15) is 5.26 Å². The number of anilines is 1. The van der Waals surface area contributed by atoms with E-state index in [-0.39, 0.29) is 11.3 Å². The van der Waals surface area contributed by atoms with Crippen molar-refractivity contribution < 1.29 is 13.9 Å².